The molecular weight excluding hydrogens is 402 g/mol. The Balaban J connectivity index is 1.46. The number of piperidine rings is 1. The highest BCUT2D eigenvalue weighted by atomic mass is 16.2. The zero-order valence-electron chi connectivity index (χ0n) is 18.2. The van der Waals surface area contributed by atoms with Gasteiger partial charge in [-0.25, -0.2) is 9.97 Å². The Morgan fingerprint density at radius 2 is 1.88 bits per heavy atom. The van der Waals surface area contributed by atoms with E-state index in [-0.39, 0.29) is 11.8 Å². The summed E-state index contributed by atoms with van der Waals surface area (Å²) in [6.07, 6.45) is 11.9. The highest BCUT2D eigenvalue weighted by molar-refractivity contribution is 5.92. The topological polar surface area (TPSA) is 89.7 Å². The molecule has 162 valence electrons. The molecule has 0 aromatic carbocycles. The first-order valence-electron chi connectivity index (χ1n) is 10.9. The van der Waals surface area contributed by atoms with Crippen LogP contribution in [0.4, 0.5) is 0 Å². The van der Waals surface area contributed by atoms with Gasteiger partial charge in [0.1, 0.15) is 11.2 Å². The monoisotopic (exact) mass is 427 g/mol. The molecule has 1 saturated heterocycles. The molecule has 4 aromatic rings. The minimum Gasteiger partial charge on any atom is -0.337 e. The molecule has 8 heteroatoms. The molecule has 0 radical (unpaired) electrons. The average molecular weight is 428 g/mol. The lowest BCUT2D eigenvalue weighted by atomic mass is 9.92. The van der Waals surface area contributed by atoms with Gasteiger partial charge in [-0.15, -0.1) is 0 Å². The minimum atomic E-state index is -0.0612. The first-order valence-corrected chi connectivity index (χ1v) is 10.9. The molecule has 0 N–H and O–H groups in total. The van der Waals surface area contributed by atoms with Crippen molar-refractivity contribution in [3.8, 4) is 11.3 Å². The number of carbonyl (C=O) groups is 1. The average Bonchev–Trinajstić information content (AvgIpc) is 3.29. The predicted molar refractivity (Wildman–Crippen MR) is 121 cm³/mol. The summed E-state index contributed by atoms with van der Waals surface area (Å²) >= 11 is 0. The Bertz CT molecular complexity index is 1230. The maximum atomic E-state index is 12.7. The first-order chi connectivity index (χ1) is 15.6. The molecule has 1 fully saturated rings. The maximum Gasteiger partial charge on any atom is 0.274 e. The SMILES string of the molecule is CC(C)n1cnc2c(-c3cccnc3)nc(C3CCN(C(=O)c4cnccn4)CC3)cc21. The summed E-state index contributed by atoms with van der Waals surface area (Å²) in [5.41, 5.74) is 5.25. The molecule has 1 aliphatic heterocycles. The molecule has 5 rings (SSSR count). The Morgan fingerprint density at radius 3 is 2.56 bits per heavy atom. The van der Waals surface area contributed by atoms with Gasteiger partial charge in [0, 0.05) is 61.1 Å². The largest absolute Gasteiger partial charge is 0.337 e. The van der Waals surface area contributed by atoms with Gasteiger partial charge in [0.2, 0.25) is 0 Å². The van der Waals surface area contributed by atoms with E-state index in [0.29, 0.717) is 24.8 Å². The molecule has 0 unspecified atom stereocenters. The van der Waals surface area contributed by atoms with Gasteiger partial charge < -0.3 is 9.47 Å². The fourth-order valence-corrected chi connectivity index (χ4v) is 4.32. The Hall–Kier alpha value is -3.68. The summed E-state index contributed by atoms with van der Waals surface area (Å²) in [5.74, 6) is 0.213. The van der Waals surface area contributed by atoms with E-state index in [2.05, 4.69) is 44.4 Å². The van der Waals surface area contributed by atoms with E-state index in [9.17, 15) is 4.79 Å². The summed E-state index contributed by atoms with van der Waals surface area (Å²) in [4.78, 5) is 36.8. The molecule has 5 heterocycles. The van der Waals surface area contributed by atoms with Crippen LogP contribution < -0.4 is 0 Å². The van der Waals surface area contributed by atoms with Crippen molar-refractivity contribution in [3.05, 3.63) is 66.9 Å². The number of hydrogen-bond acceptors (Lipinski definition) is 6. The lowest BCUT2D eigenvalue weighted by Gasteiger charge is -2.31. The van der Waals surface area contributed by atoms with E-state index < -0.39 is 0 Å². The van der Waals surface area contributed by atoms with Gasteiger partial charge in [0.25, 0.3) is 5.91 Å². The Labute approximate surface area is 186 Å². The zero-order chi connectivity index (χ0) is 22.1. The van der Waals surface area contributed by atoms with E-state index in [4.69, 9.17) is 4.98 Å². The smallest absolute Gasteiger partial charge is 0.274 e. The summed E-state index contributed by atoms with van der Waals surface area (Å²) in [6.45, 7) is 5.65. The number of fused-ring (bicyclic) bond motifs is 1. The number of nitrogens with zero attached hydrogens (tertiary/aromatic N) is 7. The second kappa shape index (κ2) is 8.45. The van der Waals surface area contributed by atoms with E-state index in [0.717, 1.165) is 40.8 Å². The number of likely N-dealkylation sites (tertiary alicyclic amines) is 1. The Kier molecular flexibility index (Phi) is 5.34. The number of rotatable bonds is 4. The fraction of sp³-hybridized carbons (Fsp3) is 0.333. The van der Waals surface area contributed by atoms with Gasteiger partial charge in [0.05, 0.1) is 23.7 Å². The second-order valence-corrected chi connectivity index (χ2v) is 8.41. The van der Waals surface area contributed by atoms with Crippen LogP contribution in [0.15, 0.2) is 55.5 Å². The van der Waals surface area contributed by atoms with Crippen molar-refractivity contribution in [2.45, 2.75) is 38.6 Å². The van der Waals surface area contributed by atoms with Gasteiger partial charge in [-0.3, -0.25) is 19.7 Å². The van der Waals surface area contributed by atoms with Crippen LogP contribution in [-0.2, 0) is 0 Å². The van der Waals surface area contributed by atoms with Crippen LogP contribution in [-0.4, -0.2) is 53.4 Å². The van der Waals surface area contributed by atoms with Crippen molar-refractivity contribution in [1.29, 1.82) is 0 Å². The van der Waals surface area contributed by atoms with Gasteiger partial charge in [-0.05, 0) is 44.9 Å². The maximum absolute atomic E-state index is 12.7. The second-order valence-electron chi connectivity index (χ2n) is 8.41. The molecule has 1 aliphatic rings. The minimum absolute atomic E-state index is 0.0612. The van der Waals surface area contributed by atoms with E-state index in [1.54, 1.807) is 18.6 Å². The number of imidazole rings is 1. The van der Waals surface area contributed by atoms with Gasteiger partial charge in [-0.2, -0.15) is 0 Å². The van der Waals surface area contributed by atoms with Crippen molar-refractivity contribution in [1.82, 2.24) is 34.4 Å². The molecule has 0 saturated carbocycles. The van der Waals surface area contributed by atoms with E-state index in [1.807, 2.05) is 29.6 Å². The van der Waals surface area contributed by atoms with Crippen LogP contribution in [0.25, 0.3) is 22.3 Å². The van der Waals surface area contributed by atoms with Crippen LogP contribution in [0.2, 0.25) is 0 Å². The van der Waals surface area contributed by atoms with Crippen molar-refractivity contribution >= 4 is 16.9 Å². The van der Waals surface area contributed by atoms with Crippen molar-refractivity contribution in [2.24, 2.45) is 0 Å². The summed E-state index contributed by atoms with van der Waals surface area (Å²) in [7, 11) is 0. The third-order valence-electron chi connectivity index (χ3n) is 6.06. The highest BCUT2D eigenvalue weighted by Crippen LogP contribution is 2.34. The predicted octanol–water partition coefficient (Wildman–Crippen LogP) is 3.88. The van der Waals surface area contributed by atoms with Crippen LogP contribution in [0.1, 0.15) is 54.8 Å². The lowest BCUT2D eigenvalue weighted by Crippen LogP contribution is -2.38. The lowest BCUT2D eigenvalue weighted by molar-refractivity contribution is 0.0705. The highest BCUT2D eigenvalue weighted by Gasteiger charge is 2.27. The molecule has 4 aromatic heterocycles. The Morgan fingerprint density at radius 1 is 1.06 bits per heavy atom. The molecule has 0 bridgehead atoms. The number of aromatic nitrogens is 6. The van der Waals surface area contributed by atoms with Crippen molar-refractivity contribution < 1.29 is 4.79 Å². The molecular formula is C24H25N7O. The summed E-state index contributed by atoms with van der Waals surface area (Å²) in [6, 6.07) is 6.41. The van der Waals surface area contributed by atoms with Crippen molar-refractivity contribution in [2.75, 3.05) is 13.1 Å². The number of carbonyl (C=O) groups excluding carboxylic acids is 1. The van der Waals surface area contributed by atoms with Crippen LogP contribution >= 0.6 is 0 Å². The fourth-order valence-electron chi connectivity index (χ4n) is 4.32. The molecule has 8 nitrogen and oxygen atoms in total. The van der Waals surface area contributed by atoms with E-state index in [1.165, 1.54) is 6.20 Å². The molecule has 0 atom stereocenters. The standard InChI is InChI=1S/C24H25N7O/c1-16(2)31-15-28-23-21(31)12-19(29-22(23)18-4-3-7-25-13-18)17-5-10-30(11-6-17)24(32)20-14-26-8-9-27-20/h3-4,7-9,12-17H,5-6,10-11H2,1-2H3. The molecule has 0 aliphatic carbocycles. The molecule has 1 amide bonds. The first kappa shape index (κ1) is 20.2. The molecule has 32 heavy (non-hydrogen) atoms. The summed E-state index contributed by atoms with van der Waals surface area (Å²) in [5, 5.41) is 0. The van der Waals surface area contributed by atoms with Gasteiger partial charge in [0.15, 0.2) is 0 Å². The van der Waals surface area contributed by atoms with Crippen LogP contribution in [0, 0.1) is 0 Å². The normalized spacial score (nSPS) is 14.9. The zero-order valence-corrected chi connectivity index (χ0v) is 18.2. The third kappa shape index (κ3) is 3.72. The third-order valence-corrected chi connectivity index (χ3v) is 6.06. The van der Waals surface area contributed by atoms with Gasteiger partial charge in [-0.1, -0.05) is 0 Å². The van der Waals surface area contributed by atoms with E-state index >= 15 is 0 Å². The van der Waals surface area contributed by atoms with Crippen LogP contribution in [0.5, 0.6) is 0 Å². The van der Waals surface area contributed by atoms with Crippen LogP contribution in [0.3, 0.4) is 0 Å². The number of hydrogen-bond donors (Lipinski definition) is 0. The molecule has 0 spiro atoms. The number of pyridine rings is 2. The quantitative estimate of drug-likeness (QED) is 0.491. The van der Waals surface area contributed by atoms with Gasteiger partial charge >= 0.3 is 0 Å². The summed E-state index contributed by atoms with van der Waals surface area (Å²) < 4.78 is 2.19. The van der Waals surface area contributed by atoms with Crippen molar-refractivity contribution in [3.63, 3.8) is 0 Å². The number of amides is 1.